The molecule has 5 nitrogen and oxygen atoms in total. The molecule has 2 aliphatic rings. The molecule has 6 heteroatoms. The minimum absolute atomic E-state index is 0. The molecule has 2 heterocycles. The molecule has 0 bridgehead atoms. The van der Waals surface area contributed by atoms with Gasteiger partial charge in [0.25, 0.3) is 5.91 Å². The monoisotopic (exact) mass is 419 g/mol. The maximum absolute atomic E-state index is 13.3. The van der Waals surface area contributed by atoms with Gasteiger partial charge in [0.2, 0.25) is 0 Å². The number of benzene rings is 1. The van der Waals surface area contributed by atoms with Crippen LogP contribution in [0.3, 0.4) is 0 Å². The summed E-state index contributed by atoms with van der Waals surface area (Å²) < 4.78 is 7.74. The summed E-state index contributed by atoms with van der Waals surface area (Å²) in [4.78, 5) is 17.5. The third kappa shape index (κ3) is 4.89. The lowest BCUT2D eigenvalue weighted by Gasteiger charge is -2.32. The molecule has 0 spiro atoms. The van der Waals surface area contributed by atoms with Crippen molar-refractivity contribution in [2.24, 2.45) is 5.92 Å². The second-order valence-electron chi connectivity index (χ2n) is 8.51. The van der Waals surface area contributed by atoms with Crippen LogP contribution < -0.4 is 4.74 Å². The molecule has 1 aliphatic carbocycles. The molecule has 0 atom stereocenters. The molecule has 1 amide bonds. The second-order valence-corrected chi connectivity index (χ2v) is 8.51. The number of hydrogen-bond acceptors (Lipinski definition) is 3. The smallest absolute Gasteiger partial charge is 0.256 e. The van der Waals surface area contributed by atoms with Gasteiger partial charge in [0.05, 0.1) is 18.2 Å². The van der Waals surface area contributed by atoms with Gasteiger partial charge in [0, 0.05) is 50.4 Å². The summed E-state index contributed by atoms with van der Waals surface area (Å²) in [5.41, 5.74) is 1.96. The van der Waals surface area contributed by atoms with Crippen LogP contribution in [0.15, 0.2) is 24.4 Å². The van der Waals surface area contributed by atoms with Gasteiger partial charge >= 0.3 is 0 Å². The lowest BCUT2D eigenvalue weighted by Crippen LogP contribution is -2.47. The van der Waals surface area contributed by atoms with Crippen molar-refractivity contribution in [2.45, 2.75) is 45.1 Å². The number of halogens is 1. The molecule has 4 rings (SSSR count). The average Bonchev–Trinajstić information content (AvgIpc) is 3.11. The van der Waals surface area contributed by atoms with Crippen LogP contribution in [0.1, 0.15) is 48.9 Å². The maximum Gasteiger partial charge on any atom is 0.256 e. The number of aromatic nitrogens is 1. The van der Waals surface area contributed by atoms with E-state index in [1.165, 1.54) is 38.5 Å². The normalized spacial score (nSPS) is 18.6. The third-order valence-corrected chi connectivity index (χ3v) is 6.61. The molecule has 1 aromatic heterocycles. The number of carbonyl (C=O) groups excluding carboxylic acids is 1. The van der Waals surface area contributed by atoms with Gasteiger partial charge in [-0.3, -0.25) is 4.79 Å². The van der Waals surface area contributed by atoms with Crippen molar-refractivity contribution >= 4 is 29.2 Å². The van der Waals surface area contributed by atoms with Crippen LogP contribution in [0.2, 0.25) is 0 Å². The van der Waals surface area contributed by atoms with E-state index in [9.17, 15) is 4.79 Å². The number of piperazine rings is 1. The average molecular weight is 420 g/mol. The highest BCUT2D eigenvalue weighted by molar-refractivity contribution is 6.07. The van der Waals surface area contributed by atoms with Crippen LogP contribution in [0.4, 0.5) is 0 Å². The van der Waals surface area contributed by atoms with Crippen molar-refractivity contribution in [1.29, 1.82) is 0 Å². The minimum Gasteiger partial charge on any atom is -0.497 e. The molecule has 0 N–H and O–H groups in total. The summed E-state index contributed by atoms with van der Waals surface area (Å²) in [6.45, 7) is 4.48. The van der Waals surface area contributed by atoms with Crippen LogP contribution in [0.25, 0.3) is 10.9 Å². The molecule has 1 aliphatic heterocycles. The van der Waals surface area contributed by atoms with Crippen molar-refractivity contribution in [2.75, 3.05) is 40.3 Å². The molecule has 160 valence electrons. The first-order valence-corrected chi connectivity index (χ1v) is 10.8. The van der Waals surface area contributed by atoms with E-state index in [0.29, 0.717) is 0 Å². The van der Waals surface area contributed by atoms with Crippen molar-refractivity contribution in [3.05, 3.63) is 30.0 Å². The van der Waals surface area contributed by atoms with Crippen LogP contribution >= 0.6 is 12.4 Å². The predicted octanol–water partition coefficient (Wildman–Crippen LogP) is 4.43. The molecular weight excluding hydrogens is 386 g/mol. The molecule has 1 aromatic carbocycles. The number of nitrogens with zero attached hydrogens (tertiary/aromatic N) is 3. The van der Waals surface area contributed by atoms with Gasteiger partial charge in [0.15, 0.2) is 0 Å². The summed E-state index contributed by atoms with van der Waals surface area (Å²) in [7, 11) is 3.82. The van der Waals surface area contributed by atoms with Gasteiger partial charge in [-0.05, 0) is 31.5 Å². The van der Waals surface area contributed by atoms with Crippen molar-refractivity contribution in [1.82, 2.24) is 14.4 Å². The van der Waals surface area contributed by atoms with E-state index in [1.807, 2.05) is 11.0 Å². The van der Waals surface area contributed by atoms with E-state index in [-0.39, 0.29) is 18.3 Å². The van der Waals surface area contributed by atoms with Crippen molar-refractivity contribution < 1.29 is 9.53 Å². The number of hydrogen-bond donors (Lipinski definition) is 0. The molecule has 2 aromatic rings. The maximum atomic E-state index is 13.3. The Hall–Kier alpha value is -1.72. The highest BCUT2D eigenvalue weighted by Gasteiger charge is 2.24. The first-order valence-electron chi connectivity index (χ1n) is 10.8. The summed E-state index contributed by atoms with van der Waals surface area (Å²) in [5.74, 6) is 1.84. The Balaban J connectivity index is 0.00000240. The van der Waals surface area contributed by atoms with Crippen LogP contribution in [-0.4, -0.2) is 60.6 Å². The standard InChI is InChI=1S/C23H33N3O2.ClH/c1-24-12-14-25(15-13-24)23(27)21-17-26(11-10-18-6-4-3-5-7-18)22-16-19(28-2)8-9-20(21)22;/h8-9,16-18H,3-7,10-15H2,1-2H3;1H. The first kappa shape index (κ1) is 22.0. The van der Waals surface area contributed by atoms with Gasteiger partial charge < -0.3 is 19.1 Å². The second kappa shape index (κ2) is 9.86. The van der Waals surface area contributed by atoms with E-state index in [1.54, 1.807) is 7.11 Å². The minimum atomic E-state index is 0. The zero-order valence-electron chi connectivity index (χ0n) is 17.7. The van der Waals surface area contributed by atoms with Crippen LogP contribution in [-0.2, 0) is 6.54 Å². The van der Waals surface area contributed by atoms with Gasteiger partial charge in [-0.25, -0.2) is 0 Å². The molecule has 1 saturated heterocycles. The number of likely N-dealkylation sites (N-methyl/N-ethyl adjacent to an activating group) is 1. The third-order valence-electron chi connectivity index (χ3n) is 6.61. The topological polar surface area (TPSA) is 37.7 Å². The fourth-order valence-electron chi connectivity index (χ4n) is 4.73. The largest absolute Gasteiger partial charge is 0.497 e. The molecule has 1 saturated carbocycles. The number of ether oxygens (including phenoxy) is 1. The fourth-order valence-corrected chi connectivity index (χ4v) is 4.73. The van der Waals surface area contributed by atoms with Gasteiger partial charge in [-0.2, -0.15) is 0 Å². The number of aryl methyl sites for hydroxylation is 1. The van der Waals surface area contributed by atoms with E-state index in [4.69, 9.17) is 4.74 Å². The van der Waals surface area contributed by atoms with E-state index in [2.05, 4.69) is 34.8 Å². The number of rotatable bonds is 5. The van der Waals surface area contributed by atoms with Crippen LogP contribution in [0, 0.1) is 5.92 Å². The zero-order chi connectivity index (χ0) is 19.5. The van der Waals surface area contributed by atoms with Crippen molar-refractivity contribution in [3.63, 3.8) is 0 Å². The summed E-state index contributed by atoms with van der Waals surface area (Å²) in [6.07, 6.45) is 10.1. The van der Waals surface area contributed by atoms with Gasteiger partial charge in [0.1, 0.15) is 5.75 Å². The molecule has 0 radical (unpaired) electrons. The van der Waals surface area contributed by atoms with E-state index >= 15 is 0 Å². The van der Waals surface area contributed by atoms with Crippen LogP contribution in [0.5, 0.6) is 5.75 Å². The van der Waals surface area contributed by atoms with Gasteiger partial charge in [-0.1, -0.05) is 32.1 Å². The number of amides is 1. The summed E-state index contributed by atoms with van der Waals surface area (Å²) in [5, 5.41) is 1.05. The Morgan fingerprint density at radius 3 is 2.52 bits per heavy atom. The van der Waals surface area contributed by atoms with Crippen molar-refractivity contribution in [3.8, 4) is 5.75 Å². The molecule has 29 heavy (non-hydrogen) atoms. The summed E-state index contributed by atoms with van der Waals surface area (Å²) >= 11 is 0. The number of methoxy groups -OCH3 is 1. The SMILES string of the molecule is COc1ccc2c(C(=O)N3CCN(C)CC3)cn(CCC3CCCCC3)c2c1.Cl. The Bertz CT molecular complexity index is 821. The molecule has 0 unspecified atom stereocenters. The molecule has 2 fully saturated rings. The quantitative estimate of drug-likeness (QED) is 0.719. The fraction of sp³-hybridized carbons (Fsp3) is 0.609. The zero-order valence-corrected chi connectivity index (χ0v) is 18.5. The lowest BCUT2D eigenvalue weighted by molar-refractivity contribution is 0.0666. The van der Waals surface area contributed by atoms with E-state index < -0.39 is 0 Å². The van der Waals surface area contributed by atoms with E-state index in [0.717, 1.165) is 60.9 Å². The highest BCUT2D eigenvalue weighted by Crippen LogP contribution is 2.30. The lowest BCUT2D eigenvalue weighted by atomic mass is 9.87. The number of fused-ring (bicyclic) bond motifs is 1. The summed E-state index contributed by atoms with van der Waals surface area (Å²) in [6, 6.07) is 6.10. The Kier molecular flexibility index (Phi) is 7.47. The Morgan fingerprint density at radius 1 is 1.10 bits per heavy atom. The number of carbonyl (C=O) groups is 1. The highest BCUT2D eigenvalue weighted by atomic mass is 35.5. The molecular formula is C23H34ClN3O2. The van der Waals surface area contributed by atoms with Gasteiger partial charge in [-0.15, -0.1) is 12.4 Å². The predicted molar refractivity (Wildman–Crippen MR) is 120 cm³/mol. The Morgan fingerprint density at radius 2 is 1.83 bits per heavy atom. The Labute approximate surface area is 180 Å². The first-order chi connectivity index (χ1) is 13.7.